The van der Waals surface area contributed by atoms with Gasteiger partial charge < -0.3 is 35.0 Å². The third kappa shape index (κ3) is 9.61. The van der Waals surface area contributed by atoms with Crippen molar-refractivity contribution in [1.82, 2.24) is 4.90 Å². The van der Waals surface area contributed by atoms with Gasteiger partial charge in [0.1, 0.15) is 0 Å². The van der Waals surface area contributed by atoms with E-state index >= 15 is 0 Å². The molecule has 1 atom stereocenters. The van der Waals surface area contributed by atoms with Crippen LogP contribution in [0.15, 0.2) is 42.5 Å². The molecule has 40 heavy (non-hydrogen) atoms. The Morgan fingerprint density at radius 3 is 2.25 bits per heavy atom. The summed E-state index contributed by atoms with van der Waals surface area (Å²) in [6.45, 7) is 3.98. The molecule has 1 unspecified atom stereocenters. The highest BCUT2D eigenvalue weighted by Gasteiger charge is 2.43. The van der Waals surface area contributed by atoms with E-state index in [0.717, 1.165) is 18.7 Å². The second kappa shape index (κ2) is 15.8. The molecule has 0 radical (unpaired) electrons. The van der Waals surface area contributed by atoms with Crippen LogP contribution in [0.4, 0.5) is 5.69 Å². The van der Waals surface area contributed by atoms with Gasteiger partial charge in [0, 0.05) is 37.5 Å². The number of rotatable bonds is 13. The molecule has 224 valence electrons. The third-order valence-corrected chi connectivity index (χ3v) is 8.15. The number of hydrogen-bond acceptors (Lipinski definition) is 7. The van der Waals surface area contributed by atoms with E-state index in [2.05, 4.69) is 4.90 Å². The van der Waals surface area contributed by atoms with Gasteiger partial charge in [0.2, 0.25) is 5.91 Å². The lowest BCUT2D eigenvalue weighted by Crippen LogP contribution is -2.60. The summed E-state index contributed by atoms with van der Waals surface area (Å²) in [7, 11) is -2.52. The average molecular weight is 588 g/mol. The van der Waals surface area contributed by atoms with Crippen LogP contribution >= 0.6 is 11.6 Å². The van der Waals surface area contributed by atoms with E-state index in [1.165, 1.54) is 0 Å². The molecule has 0 spiro atoms. The van der Waals surface area contributed by atoms with Crippen LogP contribution in [-0.2, 0) is 23.9 Å². The lowest BCUT2D eigenvalue weighted by molar-refractivity contribution is -0.170. The maximum absolute atomic E-state index is 13.1. The molecular formula is C28H42N2O9S. The van der Waals surface area contributed by atoms with Crippen LogP contribution in [0.3, 0.4) is 0 Å². The largest absolute Gasteiger partial charge is 0.481 e. The molecule has 2 aliphatic rings. The molecule has 1 aromatic carbocycles. The average Bonchev–Trinajstić information content (AvgIpc) is 3.28. The van der Waals surface area contributed by atoms with Gasteiger partial charge in [-0.15, -0.1) is 0 Å². The Balaban J connectivity index is 0.000000459. The first kappa shape index (κ1) is 26.0. The quantitative estimate of drug-likeness (QED) is 0.251. The van der Waals surface area contributed by atoms with E-state index in [9.17, 15) is 19.2 Å². The molecule has 0 saturated carbocycles. The Morgan fingerprint density at radius 2 is 1.77 bits per heavy atom. The number of nitrogens with zero attached hydrogens (tertiary/aromatic N) is 2. The van der Waals surface area contributed by atoms with Gasteiger partial charge >= 0.3 is 17.9 Å². The summed E-state index contributed by atoms with van der Waals surface area (Å²) >= 11 is -2.07. The maximum atomic E-state index is 13.1. The fraction of sp³-hybridized carbons (Fsp3) is 0.571. The number of carbonyl (C=O) groups excluding carboxylic acids is 1. The maximum Gasteiger partial charge on any atom is 0.336 e. The summed E-state index contributed by atoms with van der Waals surface area (Å²) in [4.78, 5) is 47.6. The molecular weight excluding hydrogens is 540 g/mol. The Hall–Kier alpha value is -2.93. The Labute approximate surface area is 245 Å². The number of benzene rings is 1. The lowest BCUT2D eigenvalue weighted by atomic mass is 9.85. The Morgan fingerprint density at radius 1 is 1.15 bits per heavy atom. The molecule has 1 aromatic rings. The van der Waals surface area contributed by atoms with Gasteiger partial charge in [0.05, 0.1) is 31.3 Å². The summed E-state index contributed by atoms with van der Waals surface area (Å²) in [6, 6.07) is 9.42. The van der Waals surface area contributed by atoms with Crippen LogP contribution in [0, 0.1) is 0 Å². The van der Waals surface area contributed by atoms with Gasteiger partial charge in [0.15, 0.2) is 5.60 Å². The highest BCUT2D eigenvalue weighted by Crippen LogP contribution is 2.35. The normalized spacial score (nSPS) is 22.6. The van der Waals surface area contributed by atoms with Gasteiger partial charge in [-0.3, -0.25) is 26.0 Å². The molecule has 0 aromatic heterocycles. The number of anilines is 1. The number of aliphatic carboxylic acids is 3. The van der Waals surface area contributed by atoms with E-state index in [1.807, 2.05) is 49.4 Å². The second-order valence-electron chi connectivity index (χ2n) is 9.84. The zero-order valence-corrected chi connectivity index (χ0v) is 23.3. The van der Waals surface area contributed by atoms with Crippen molar-refractivity contribution in [1.29, 1.82) is 2.25 Å². The van der Waals surface area contributed by atoms with Gasteiger partial charge in [0.25, 0.3) is 0 Å². The number of ether oxygens (including phenoxy) is 1. The van der Waals surface area contributed by atoms with E-state index in [0.29, 0.717) is 38.1 Å². The fourth-order valence-electron chi connectivity index (χ4n) is 4.82. The molecule has 11 nitrogen and oxygen atoms in total. The van der Waals surface area contributed by atoms with Gasteiger partial charge in [-0.25, -0.2) is 4.79 Å². The van der Waals surface area contributed by atoms with Crippen LogP contribution < -0.4 is 4.90 Å². The van der Waals surface area contributed by atoms with Crippen LogP contribution in [0.2, 0.25) is 0 Å². The molecule has 1 fully saturated rings. The Kier molecular flexibility index (Phi) is 10.2. The second-order valence-corrected chi connectivity index (χ2v) is 11.1. The fourth-order valence-corrected chi connectivity index (χ4v) is 5.79. The summed E-state index contributed by atoms with van der Waals surface area (Å²) in [5.74, 6) is -4.51. The van der Waals surface area contributed by atoms with Crippen LogP contribution in [0.5, 0.6) is 0 Å². The van der Waals surface area contributed by atoms with Crippen molar-refractivity contribution in [3.05, 3.63) is 42.5 Å². The van der Waals surface area contributed by atoms with Crippen molar-refractivity contribution in [2.24, 2.45) is 0 Å². The number of carbonyl (C=O) groups is 4. The van der Waals surface area contributed by atoms with E-state index in [-0.39, 0.29) is 17.8 Å². The molecule has 2 aliphatic heterocycles. The first-order valence-corrected chi connectivity index (χ1v) is 14.1. The number of carboxylic acid groups (broad SMARTS) is 3. The minimum atomic E-state index is -2.74. The molecule has 12 heteroatoms. The molecule has 1 amide bonds. The van der Waals surface area contributed by atoms with E-state index in [1.54, 1.807) is 4.90 Å². The summed E-state index contributed by atoms with van der Waals surface area (Å²) in [5, 5.41) is 33.8. The number of methoxy groups -OCH3 is 1. The minimum Gasteiger partial charge on any atom is -0.481 e. The molecule has 1 saturated heterocycles. The molecule has 0 aliphatic carbocycles. The highest BCUT2D eigenvalue weighted by atomic mass is 32.2. The summed E-state index contributed by atoms with van der Waals surface area (Å²) in [6.07, 6.45) is 4.00. The highest BCUT2D eigenvalue weighted by molar-refractivity contribution is 8.00. The van der Waals surface area contributed by atoms with Gasteiger partial charge in [-0.05, 0) is 43.7 Å². The predicted octanol–water partition coefficient (Wildman–Crippen LogP) is 2.19. The topological polar surface area (TPSA) is 165 Å². The third-order valence-electron chi connectivity index (χ3n) is 6.94. The van der Waals surface area contributed by atoms with Crippen molar-refractivity contribution in [3.8, 4) is 0 Å². The molecule has 4 N–H and O–H groups in total. The molecule has 2 heterocycles. The number of likely N-dealkylation sites (tertiary alicyclic amines) is 1. The molecule has 0 bridgehead atoms. The summed E-state index contributed by atoms with van der Waals surface area (Å²) < 4.78 is 44.3. The van der Waals surface area contributed by atoms with E-state index < -0.39 is 60.5 Å². The van der Waals surface area contributed by atoms with Crippen molar-refractivity contribution in [2.75, 3.05) is 43.9 Å². The lowest BCUT2D eigenvalue weighted by Gasteiger charge is -2.48. The minimum absolute atomic E-state index is 0.00978. The standard InChI is InChI=1S/C22H34N2O2S.C6H8O7/c1-3-21(25)24(19-8-5-4-6-9-19)22(18-26-2)12-15-23(16-13-22)14-11-20-10-7-17-27-20;7-3(8)1-6(13,5(11)12)2-4(9)10/h4-10,20H,3,11-18,27H2,1-2H3;13H,1-2H2,(H,7,8)(H,9,10)(H,11,12)/i2D3,27D2;. The van der Waals surface area contributed by atoms with Crippen molar-refractivity contribution in [2.45, 2.75) is 61.8 Å². The van der Waals surface area contributed by atoms with Crippen LogP contribution in [-0.4, -0.2) is 107 Å². The smallest absolute Gasteiger partial charge is 0.336 e. The molecule has 3 rings (SSSR count). The van der Waals surface area contributed by atoms with Crippen LogP contribution in [0.1, 0.15) is 49.6 Å². The zero-order valence-electron chi connectivity index (χ0n) is 27.5. The number of hydrogen-bond donors (Lipinski definition) is 4. The SMILES string of the molecule is O=C(O)CC(O)(CC(=O)O)C(=O)O.[2H]C([2H])([2H])OCC1(N(C(=O)CC)c2ccccc2)CCN(CCC2C=CCS2([2H])[2H])CC1. The summed E-state index contributed by atoms with van der Waals surface area (Å²) in [5.41, 5.74) is -2.71. The van der Waals surface area contributed by atoms with Crippen molar-refractivity contribution in [3.63, 3.8) is 0 Å². The number of amides is 1. The van der Waals surface area contributed by atoms with Gasteiger partial charge in [-0.1, -0.05) is 37.3 Å². The van der Waals surface area contributed by atoms with Crippen molar-refractivity contribution < 1.29 is 48.5 Å². The van der Waals surface area contributed by atoms with Crippen LogP contribution in [0.25, 0.3) is 0 Å². The first-order chi connectivity index (χ1) is 20.8. The van der Waals surface area contributed by atoms with Crippen molar-refractivity contribution >= 4 is 41.1 Å². The Bertz CT molecular complexity index is 1190. The number of piperidine rings is 1. The van der Waals surface area contributed by atoms with Gasteiger partial charge in [-0.2, -0.15) is 0 Å². The van der Waals surface area contributed by atoms with E-state index in [4.69, 9.17) is 31.5 Å². The number of carboxylic acids is 3. The number of para-hydroxylation sites is 1. The predicted molar refractivity (Wildman–Crippen MR) is 154 cm³/mol. The first-order valence-electron chi connectivity index (χ1n) is 15.3. The number of aliphatic hydroxyl groups is 1. The monoisotopic (exact) mass is 587 g/mol. The zero-order chi connectivity index (χ0) is 34.1.